The Morgan fingerprint density at radius 1 is 0.909 bits per heavy atom. The van der Waals surface area contributed by atoms with Crippen molar-refractivity contribution in [1.82, 2.24) is 9.78 Å². The average molecular weight is 289 g/mol. The van der Waals surface area contributed by atoms with Crippen molar-refractivity contribution >= 4 is 0 Å². The minimum Gasteiger partial charge on any atom is -0.237 e. The molecular weight excluding hydrogens is 268 g/mol. The molecule has 3 aromatic rings. The van der Waals surface area contributed by atoms with Crippen LogP contribution in [0.4, 0.5) is 0 Å². The first kappa shape index (κ1) is 14.6. The van der Waals surface area contributed by atoms with E-state index in [9.17, 15) is 0 Å². The Kier molecular flexibility index (Phi) is 3.84. The fourth-order valence-corrected chi connectivity index (χ4v) is 2.84. The van der Waals surface area contributed by atoms with Crippen LogP contribution in [0.2, 0.25) is 0 Å². The second-order valence-corrected chi connectivity index (χ2v) is 5.74. The number of rotatable bonds is 3. The Labute approximate surface area is 132 Å². The van der Waals surface area contributed by atoms with Crippen LogP contribution in [0, 0.1) is 27.7 Å². The summed E-state index contributed by atoms with van der Waals surface area (Å²) in [4.78, 5) is 0. The van der Waals surface area contributed by atoms with Crippen LogP contribution >= 0.6 is 0 Å². The molecule has 0 saturated heterocycles. The molecule has 0 N–H and O–H groups in total. The van der Waals surface area contributed by atoms with Gasteiger partial charge >= 0.3 is 0 Å². The summed E-state index contributed by atoms with van der Waals surface area (Å²) in [5.74, 6) is 0. The Balaban J connectivity index is 2.07. The van der Waals surface area contributed by atoms with Gasteiger partial charge in [-0.15, -0.1) is 0 Å². The molecule has 2 nitrogen and oxygen atoms in total. The first-order valence-electron chi connectivity index (χ1n) is 7.62. The SMILES string of the molecule is [CH2]Cc1ccc(-n2nc(C)c(-c3ccc(C)cc3)c2C)cc1. The lowest BCUT2D eigenvalue weighted by atomic mass is 10.0. The molecule has 0 atom stereocenters. The molecule has 22 heavy (non-hydrogen) atoms. The summed E-state index contributed by atoms with van der Waals surface area (Å²) in [6.45, 7) is 10.2. The standard InChI is InChI=1S/C20H21N2/c1-5-17-8-12-19(13-9-17)22-16(4)20(15(3)21-22)18-10-6-14(2)7-11-18/h6-13H,1,5H2,2-4H3. The van der Waals surface area contributed by atoms with Crippen molar-refractivity contribution in [3.63, 3.8) is 0 Å². The van der Waals surface area contributed by atoms with Crippen molar-refractivity contribution in [2.75, 3.05) is 0 Å². The highest BCUT2D eigenvalue weighted by molar-refractivity contribution is 5.69. The van der Waals surface area contributed by atoms with Gasteiger partial charge in [0, 0.05) is 11.3 Å². The summed E-state index contributed by atoms with van der Waals surface area (Å²) in [7, 11) is 0. The molecule has 0 unspecified atom stereocenters. The van der Waals surface area contributed by atoms with E-state index in [1.165, 1.54) is 27.9 Å². The smallest absolute Gasteiger partial charge is 0.0679 e. The van der Waals surface area contributed by atoms with Gasteiger partial charge in [-0.2, -0.15) is 5.10 Å². The quantitative estimate of drug-likeness (QED) is 0.674. The monoisotopic (exact) mass is 289 g/mol. The molecule has 0 fully saturated rings. The number of aryl methyl sites for hydroxylation is 2. The fourth-order valence-electron chi connectivity index (χ4n) is 2.84. The Morgan fingerprint density at radius 3 is 2.14 bits per heavy atom. The first-order valence-corrected chi connectivity index (χ1v) is 7.62. The largest absolute Gasteiger partial charge is 0.237 e. The van der Waals surface area contributed by atoms with Crippen molar-refractivity contribution in [3.05, 3.63) is 78.0 Å². The molecule has 1 aromatic heterocycles. The maximum atomic E-state index is 4.74. The van der Waals surface area contributed by atoms with Gasteiger partial charge in [-0.1, -0.05) is 42.0 Å². The average Bonchev–Trinajstić information content (AvgIpc) is 2.83. The molecular formula is C20H21N2. The first-order chi connectivity index (χ1) is 10.6. The third-order valence-corrected chi connectivity index (χ3v) is 4.10. The summed E-state index contributed by atoms with van der Waals surface area (Å²) in [6, 6.07) is 17.1. The van der Waals surface area contributed by atoms with Crippen molar-refractivity contribution in [1.29, 1.82) is 0 Å². The highest BCUT2D eigenvalue weighted by Gasteiger charge is 2.14. The molecule has 111 valence electrons. The third-order valence-electron chi connectivity index (χ3n) is 4.10. The summed E-state index contributed by atoms with van der Waals surface area (Å²) < 4.78 is 2.03. The van der Waals surface area contributed by atoms with Gasteiger partial charge in [-0.05, 0) is 57.4 Å². The molecule has 1 radical (unpaired) electrons. The molecule has 2 heteroatoms. The molecule has 0 aliphatic carbocycles. The Hall–Kier alpha value is -2.35. The van der Waals surface area contributed by atoms with Gasteiger partial charge in [0.2, 0.25) is 0 Å². The van der Waals surface area contributed by atoms with Crippen LogP contribution in [-0.4, -0.2) is 9.78 Å². The molecule has 3 rings (SSSR count). The Morgan fingerprint density at radius 2 is 1.55 bits per heavy atom. The van der Waals surface area contributed by atoms with Gasteiger partial charge in [-0.25, -0.2) is 4.68 Å². The molecule has 0 amide bonds. The van der Waals surface area contributed by atoms with E-state index < -0.39 is 0 Å². The lowest BCUT2D eigenvalue weighted by Crippen LogP contribution is -1.99. The second-order valence-electron chi connectivity index (χ2n) is 5.74. The van der Waals surface area contributed by atoms with Crippen molar-refractivity contribution in [2.24, 2.45) is 0 Å². The molecule has 0 spiro atoms. The Bertz CT molecular complexity index is 778. The molecule has 1 heterocycles. The number of aromatic nitrogens is 2. The predicted molar refractivity (Wildman–Crippen MR) is 92.3 cm³/mol. The van der Waals surface area contributed by atoms with E-state index in [0.29, 0.717) is 0 Å². The van der Waals surface area contributed by atoms with Crippen molar-refractivity contribution in [2.45, 2.75) is 27.2 Å². The number of hydrogen-bond acceptors (Lipinski definition) is 1. The normalized spacial score (nSPS) is 10.9. The van der Waals surface area contributed by atoms with Crippen LogP contribution in [0.15, 0.2) is 48.5 Å². The maximum Gasteiger partial charge on any atom is 0.0679 e. The van der Waals surface area contributed by atoms with Gasteiger partial charge in [0.05, 0.1) is 11.4 Å². The number of nitrogens with zero attached hydrogens (tertiary/aromatic N) is 2. The van der Waals surface area contributed by atoms with Crippen molar-refractivity contribution < 1.29 is 0 Å². The molecule has 0 aliphatic heterocycles. The minimum absolute atomic E-state index is 0.812. The zero-order valence-corrected chi connectivity index (χ0v) is 13.4. The molecule has 0 saturated carbocycles. The summed E-state index contributed by atoms with van der Waals surface area (Å²) in [5.41, 5.74) is 8.28. The minimum atomic E-state index is 0.812. The van der Waals surface area contributed by atoms with Gasteiger partial charge in [0.15, 0.2) is 0 Å². The van der Waals surface area contributed by atoms with Crippen LogP contribution in [-0.2, 0) is 6.42 Å². The fraction of sp³-hybridized carbons (Fsp3) is 0.200. The third kappa shape index (κ3) is 2.57. The van der Waals surface area contributed by atoms with Crippen LogP contribution in [0.1, 0.15) is 22.5 Å². The van der Waals surface area contributed by atoms with E-state index in [2.05, 4.69) is 76.2 Å². The van der Waals surface area contributed by atoms with Crippen LogP contribution in [0.25, 0.3) is 16.8 Å². The van der Waals surface area contributed by atoms with Gasteiger partial charge < -0.3 is 0 Å². The van der Waals surface area contributed by atoms with Gasteiger partial charge in [0.25, 0.3) is 0 Å². The lowest BCUT2D eigenvalue weighted by molar-refractivity contribution is 0.833. The molecule has 2 aromatic carbocycles. The molecule has 0 bridgehead atoms. The summed E-state index contributed by atoms with van der Waals surface area (Å²) >= 11 is 0. The highest BCUT2D eigenvalue weighted by atomic mass is 15.3. The van der Waals surface area contributed by atoms with Crippen LogP contribution in [0.3, 0.4) is 0 Å². The topological polar surface area (TPSA) is 17.8 Å². The van der Waals surface area contributed by atoms with E-state index in [4.69, 9.17) is 5.10 Å². The zero-order chi connectivity index (χ0) is 15.7. The molecule has 0 aliphatic rings. The number of benzene rings is 2. The number of hydrogen-bond donors (Lipinski definition) is 0. The van der Waals surface area contributed by atoms with E-state index in [1.54, 1.807) is 0 Å². The maximum absolute atomic E-state index is 4.74. The zero-order valence-electron chi connectivity index (χ0n) is 13.4. The van der Waals surface area contributed by atoms with Gasteiger partial charge in [0.1, 0.15) is 0 Å². The van der Waals surface area contributed by atoms with E-state index >= 15 is 0 Å². The summed E-state index contributed by atoms with van der Waals surface area (Å²) in [6.07, 6.45) is 0.812. The van der Waals surface area contributed by atoms with Gasteiger partial charge in [-0.3, -0.25) is 0 Å². The predicted octanol–water partition coefficient (Wildman–Crippen LogP) is 4.84. The van der Waals surface area contributed by atoms with Crippen molar-refractivity contribution in [3.8, 4) is 16.8 Å². The van der Waals surface area contributed by atoms with E-state index in [-0.39, 0.29) is 0 Å². The second kappa shape index (κ2) is 5.80. The lowest BCUT2D eigenvalue weighted by Gasteiger charge is -2.07. The summed E-state index contributed by atoms with van der Waals surface area (Å²) in [5, 5.41) is 4.74. The van der Waals surface area contributed by atoms with Crippen LogP contribution in [0.5, 0.6) is 0 Å². The van der Waals surface area contributed by atoms with E-state index in [0.717, 1.165) is 17.8 Å². The highest BCUT2D eigenvalue weighted by Crippen LogP contribution is 2.28. The van der Waals surface area contributed by atoms with Crippen LogP contribution < -0.4 is 0 Å². The van der Waals surface area contributed by atoms with E-state index in [1.807, 2.05) is 4.68 Å².